The van der Waals surface area contributed by atoms with E-state index in [0.29, 0.717) is 24.7 Å². The van der Waals surface area contributed by atoms with Crippen LogP contribution in [0.25, 0.3) is 0 Å². The summed E-state index contributed by atoms with van der Waals surface area (Å²) in [7, 11) is 1.36. The molecule has 6 atom stereocenters. The van der Waals surface area contributed by atoms with E-state index in [1.165, 1.54) is 12.7 Å². The molecule has 2 aliphatic rings. The summed E-state index contributed by atoms with van der Waals surface area (Å²) in [5, 5.41) is 10.5. The Kier molecular flexibility index (Phi) is 6.47. The average Bonchev–Trinajstić information content (AvgIpc) is 2.81. The van der Waals surface area contributed by atoms with Crippen molar-refractivity contribution in [3.8, 4) is 0 Å². The lowest BCUT2D eigenvalue weighted by molar-refractivity contribution is -0.147. The van der Waals surface area contributed by atoms with E-state index in [0.717, 1.165) is 19.3 Å². The van der Waals surface area contributed by atoms with Gasteiger partial charge in [0.05, 0.1) is 19.6 Å². The number of hydrogen-bond acceptors (Lipinski definition) is 4. The maximum Gasteiger partial charge on any atom is 0.305 e. The predicted molar refractivity (Wildman–Crippen MR) is 97.9 cm³/mol. The van der Waals surface area contributed by atoms with Crippen LogP contribution in [0.1, 0.15) is 66.2 Å². The first-order valence-electron chi connectivity index (χ1n) is 9.61. The van der Waals surface area contributed by atoms with Crippen molar-refractivity contribution in [3.63, 3.8) is 0 Å². The minimum absolute atomic E-state index is 0.112. The topological polar surface area (TPSA) is 63.6 Å². The lowest BCUT2D eigenvalue weighted by atomic mass is 9.57. The Bertz CT molecular complexity index is 534. The zero-order valence-corrected chi connectivity index (χ0v) is 16.4. The van der Waals surface area contributed by atoms with Crippen molar-refractivity contribution in [3.05, 3.63) is 11.6 Å². The van der Waals surface area contributed by atoms with E-state index >= 15 is 0 Å². The SMILES string of the molecule is COC(=O)C[C@@H]1[C@H]2C(=O)C[C@H]([C@H](C)CCC=C(C)C)[C@@]2(C)CC[C@@H]1O. The van der Waals surface area contributed by atoms with Gasteiger partial charge in [0.25, 0.3) is 0 Å². The molecule has 25 heavy (non-hydrogen) atoms. The van der Waals surface area contributed by atoms with Crippen molar-refractivity contribution in [2.45, 2.75) is 72.3 Å². The van der Waals surface area contributed by atoms with Crippen LogP contribution < -0.4 is 0 Å². The predicted octanol–water partition coefficient (Wildman–Crippen LogP) is 3.91. The van der Waals surface area contributed by atoms with Crippen LogP contribution in [0.15, 0.2) is 11.6 Å². The van der Waals surface area contributed by atoms with Crippen molar-refractivity contribution in [2.75, 3.05) is 7.11 Å². The summed E-state index contributed by atoms with van der Waals surface area (Å²) in [6.07, 6.45) is 6.06. The van der Waals surface area contributed by atoms with E-state index in [2.05, 4.69) is 33.8 Å². The molecule has 4 heteroatoms. The highest BCUT2D eigenvalue weighted by molar-refractivity contribution is 5.86. The van der Waals surface area contributed by atoms with Crippen LogP contribution in [0.4, 0.5) is 0 Å². The molecule has 1 N–H and O–H groups in total. The summed E-state index contributed by atoms with van der Waals surface area (Å²) >= 11 is 0. The van der Waals surface area contributed by atoms with Gasteiger partial charge in [-0.2, -0.15) is 0 Å². The molecule has 2 fully saturated rings. The van der Waals surface area contributed by atoms with Crippen LogP contribution in [0.3, 0.4) is 0 Å². The Labute approximate surface area is 152 Å². The van der Waals surface area contributed by atoms with Crippen molar-refractivity contribution in [1.82, 2.24) is 0 Å². The molecule has 0 aliphatic heterocycles. The van der Waals surface area contributed by atoms with E-state index in [-0.39, 0.29) is 35.4 Å². The van der Waals surface area contributed by atoms with Crippen molar-refractivity contribution in [1.29, 1.82) is 0 Å². The largest absolute Gasteiger partial charge is 0.469 e. The smallest absolute Gasteiger partial charge is 0.305 e. The normalized spacial score (nSPS) is 35.8. The second-order valence-corrected chi connectivity index (χ2v) is 8.65. The van der Waals surface area contributed by atoms with Crippen molar-refractivity contribution >= 4 is 11.8 Å². The number of carbonyl (C=O) groups is 2. The van der Waals surface area contributed by atoms with Gasteiger partial charge < -0.3 is 9.84 Å². The molecular weight excluding hydrogens is 316 g/mol. The molecule has 0 aromatic heterocycles. The van der Waals surface area contributed by atoms with Crippen LogP contribution >= 0.6 is 0 Å². The fourth-order valence-corrected chi connectivity index (χ4v) is 5.36. The number of methoxy groups -OCH3 is 1. The van der Waals surface area contributed by atoms with Gasteiger partial charge in [-0.25, -0.2) is 0 Å². The zero-order valence-electron chi connectivity index (χ0n) is 16.4. The lowest BCUT2D eigenvalue weighted by Crippen LogP contribution is -2.47. The summed E-state index contributed by atoms with van der Waals surface area (Å²) in [5.74, 6) is 0.182. The second kappa shape index (κ2) is 8.03. The van der Waals surface area contributed by atoms with E-state index in [1.54, 1.807) is 0 Å². The highest BCUT2D eigenvalue weighted by Gasteiger charge is 2.59. The second-order valence-electron chi connectivity index (χ2n) is 8.65. The number of ether oxygens (including phenoxy) is 1. The number of aliphatic hydroxyl groups excluding tert-OH is 1. The van der Waals surface area contributed by atoms with Crippen LogP contribution in [-0.2, 0) is 14.3 Å². The summed E-state index contributed by atoms with van der Waals surface area (Å²) in [6.45, 7) is 8.69. The minimum Gasteiger partial charge on any atom is -0.469 e. The van der Waals surface area contributed by atoms with Crippen molar-refractivity contribution < 1.29 is 19.4 Å². The van der Waals surface area contributed by atoms with Gasteiger partial charge in [0.2, 0.25) is 0 Å². The first-order valence-corrected chi connectivity index (χ1v) is 9.61. The first-order chi connectivity index (χ1) is 11.7. The molecule has 0 aromatic carbocycles. The Morgan fingerprint density at radius 2 is 2.12 bits per heavy atom. The Morgan fingerprint density at radius 3 is 2.72 bits per heavy atom. The molecule has 0 spiro atoms. The molecule has 2 saturated carbocycles. The third kappa shape index (κ3) is 4.16. The molecule has 2 rings (SSSR count). The van der Waals surface area contributed by atoms with Crippen molar-refractivity contribution in [2.24, 2.45) is 29.1 Å². The number of rotatable bonds is 6. The van der Waals surface area contributed by atoms with Crippen LogP contribution in [-0.4, -0.2) is 30.1 Å². The maximum absolute atomic E-state index is 12.9. The molecule has 0 saturated heterocycles. The van der Waals surface area contributed by atoms with Gasteiger partial charge >= 0.3 is 5.97 Å². The fourth-order valence-electron chi connectivity index (χ4n) is 5.36. The molecule has 4 nitrogen and oxygen atoms in total. The van der Waals surface area contributed by atoms with Gasteiger partial charge in [0, 0.05) is 18.3 Å². The van der Waals surface area contributed by atoms with E-state index < -0.39 is 6.10 Å². The number of esters is 1. The summed E-state index contributed by atoms with van der Waals surface area (Å²) in [6, 6.07) is 0. The molecular formula is C21H34O4. The highest BCUT2D eigenvalue weighted by Crippen LogP contribution is 2.59. The third-order valence-electron chi connectivity index (χ3n) is 6.72. The van der Waals surface area contributed by atoms with Gasteiger partial charge in [-0.05, 0) is 56.8 Å². The highest BCUT2D eigenvalue weighted by atomic mass is 16.5. The molecule has 0 bridgehead atoms. The average molecular weight is 350 g/mol. The van der Waals surface area contributed by atoms with Gasteiger partial charge in [-0.1, -0.05) is 25.5 Å². The first kappa shape index (κ1) is 20.2. The van der Waals surface area contributed by atoms with E-state index in [4.69, 9.17) is 4.74 Å². The Morgan fingerprint density at radius 1 is 1.44 bits per heavy atom. The number of fused-ring (bicyclic) bond motifs is 1. The van der Waals surface area contributed by atoms with Crippen LogP contribution in [0.2, 0.25) is 0 Å². The number of carbonyl (C=O) groups excluding carboxylic acids is 2. The summed E-state index contributed by atoms with van der Waals surface area (Å²) < 4.78 is 4.80. The minimum atomic E-state index is -0.583. The van der Waals surface area contributed by atoms with Gasteiger partial charge in [-0.3, -0.25) is 9.59 Å². The van der Waals surface area contributed by atoms with E-state index in [1.807, 2.05) is 0 Å². The molecule has 0 radical (unpaired) electrons. The molecule has 142 valence electrons. The molecule has 0 unspecified atom stereocenters. The monoisotopic (exact) mass is 350 g/mol. The molecule has 0 heterocycles. The summed E-state index contributed by atoms with van der Waals surface area (Å²) in [4.78, 5) is 24.7. The van der Waals surface area contributed by atoms with Crippen LogP contribution in [0, 0.1) is 29.1 Å². The van der Waals surface area contributed by atoms with Gasteiger partial charge in [-0.15, -0.1) is 0 Å². The molecule has 0 aromatic rings. The lowest BCUT2D eigenvalue weighted by Gasteiger charge is -2.47. The van der Waals surface area contributed by atoms with Crippen LogP contribution in [0.5, 0.6) is 0 Å². The quantitative estimate of drug-likeness (QED) is 0.582. The Hall–Kier alpha value is -1.16. The number of hydrogen-bond donors (Lipinski definition) is 1. The number of Topliss-reactive ketones (excluding diaryl/α,β-unsaturated/α-hetero) is 1. The Balaban J connectivity index is 2.18. The fraction of sp³-hybridized carbons (Fsp3) is 0.810. The number of aliphatic hydroxyl groups is 1. The van der Waals surface area contributed by atoms with Gasteiger partial charge in [0.1, 0.15) is 5.78 Å². The summed E-state index contributed by atoms with van der Waals surface area (Å²) in [5.41, 5.74) is 1.22. The number of allylic oxidation sites excluding steroid dienone is 2. The molecule has 2 aliphatic carbocycles. The standard InChI is InChI=1S/C21H34O4/c1-13(2)7-6-8-14(3)16-12-18(23)20-15(11-19(24)25-5)17(22)9-10-21(16,20)4/h7,14-17,20,22H,6,8-12H2,1-5H3/t14-,15+,16-,17+,20+,21-/m1/s1. The number of ketones is 1. The van der Waals surface area contributed by atoms with Gasteiger partial charge in [0.15, 0.2) is 0 Å². The molecule has 0 amide bonds. The third-order valence-corrected chi connectivity index (χ3v) is 6.72. The van der Waals surface area contributed by atoms with E-state index in [9.17, 15) is 14.7 Å². The maximum atomic E-state index is 12.9. The zero-order chi connectivity index (χ0) is 18.8.